The molecule has 3 N–H and O–H groups in total. The Morgan fingerprint density at radius 2 is 2.04 bits per heavy atom. The van der Waals surface area contributed by atoms with E-state index in [1.165, 1.54) is 0 Å². The summed E-state index contributed by atoms with van der Waals surface area (Å²) in [6.45, 7) is 2.11. The molecule has 0 aromatic rings. The Morgan fingerprint density at radius 1 is 1.28 bits per heavy atom. The summed E-state index contributed by atoms with van der Waals surface area (Å²) in [5.41, 5.74) is 0. The van der Waals surface area contributed by atoms with Gasteiger partial charge in [0.1, 0.15) is 5.78 Å². The van der Waals surface area contributed by atoms with Crippen LogP contribution >= 0.6 is 0 Å². The molecule has 0 aromatic heterocycles. The lowest BCUT2D eigenvalue weighted by molar-refractivity contribution is -0.137. The molecule has 0 amide bonds. The lowest BCUT2D eigenvalue weighted by Crippen LogP contribution is -2.18. The molecule has 0 saturated heterocycles. The summed E-state index contributed by atoms with van der Waals surface area (Å²) in [6, 6.07) is 0. The average molecular weight is 352 g/mol. The normalized spacial score (nSPS) is 25.2. The molecule has 1 saturated carbocycles. The van der Waals surface area contributed by atoms with E-state index in [4.69, 9.17) is 5.11 Å². The Hall–Kier alpha value is -1.46. The molecule has 142 valence electrons. The van der Waals surface area contributed by atoms with E-state index in [2.05, 4.69) is 6.92 Å². The lowest BCUT2D eigenvalue weighted by atomic mass is 9.90. The molecule has 0 aliphatic heterocycles. The molecule has 1 fully saturated rings. The number of carbonyl (C=O) groups excluding carboxylic acids is 1. The first-order chi connectivity index (χ1) is 12.0. The summed E-state index contributed by atoms with van der Waals surface area (Å²) in [5.74, 6) is -1.26. The van der Waals surface area contributed by atoms with Crippen LogP contribution in [-0.2, 0) is 9.59 Å². The van der Waals surface area contributed by atoms with E-state index in [1.54, 1.807) is 12.2 Å². The first-order valence-electron chi connectivity index (χ1n) is 9.39. The third-order valence-corrected chi connectivity index (χ3v) is 4.71. The van der Waals surface area contributed by atoms with Crippen LogP contribution in [-0.4, -0.2) is 39.3 Å². The van der Waals surface area contributed by atoms with Crippen molar-refractivity contribution in [2.45, 2.75) is 76.9 Å². The fraction of sp³-hybridized carbons (Fsp3) is 0.700. The smallest absolute Gasteiger partial charge is 0.303 e. The SMILES string of the molecule is CCCCC[C@H](O)C=CC1[C@H](O)CC(=O)[C@@H]1CC=CCCCC(=O)O. The maximum Gasteiger partial charge on any atom is 0.303 e. The van der Waals surface area contributed by atoms with Gasteiger partial charge in [-0.1, -0.05) is 50.5 Å². The molecule has 1 unspecified atom stereocenters. The number of carboxylic acids is 1. The zero-order chi connectivity index (χ0) is 18.7. The van der Waals surface area contributed by atoms with Crippen molar-refractivity contribution < 1.29 is 24.9 Å². The summed E-state index contributed by atoms with van der Waals surface area (Å²) in [4.78, 5) is 22.5. The second kappa shape index (κ2) is 12.0. The standard InChI is InChI=1S/C20H32O5/c1-2-3-6-9-15(21)12-13-17-16(18(22)14-19(17)23)10-7-4-5-8-11-20(24)25/h4,7,12-13,15-17,19,21,23H,2-3,5-6,8-11,14H2,1H3,(H,24,25)/t15-,16+,17?,19+/m0/s1. The van der Waals surface area contributed by atoms with Crippen molar-refractivity contribution in [3.05, 3.63) is 24.3 Å². The van der Waals surface area contributed by atoms with E-state index in [1.807, 2.05) is 12.2 Å². The number of ketones is 1. The van der Waals surface area contributed by atoms with Gasteiger partial charge in [0, 0.05) is 24.7 Å². The Labute approximate surface area is 150 Å². The molecular formula is C20H32O5. The molecule has 0 spiro atoms. The van der Waals surface area contributed by atoms with Gasteiger partial charge in [-0.05, 0) is 25.7 Å². The number of carboxylic acid groups (broad SMARTS) is 1. The van der Waals surface area contributed by atoms with Gasteiger partial charge in [-0.15, -0.1) is 0 Å². The van der Waals surface area contributed by atoms with E-state index in [0.717, 1.165) is 19.3 Å². The molecule has 5 nitrogen and oxygen atoms in total. The third-order valence-electron chi connectivity index (χ3n) is 4.71. The van der Waals surface area contributed by atoms with Gasteiger partial charge in [0.25, 0.3) is 0 Å². The Bertz CT molecular complexity index is 469. The van der Waals surface area contributed by atoms with Crippen molar-refractivity contribution >= 4 is 11.8 Å². The monoisotopic (exact) mass is 352 g/mol. The van der Waals surface area contributed by atoms with Gasteiger partial charge in [0.05, 0.1) is 12.2 Å². The number of hydrogen-bond donors (Lipinski definition) is 3. The molecule has 0 radical (unpaired) electrons. The van der Waals surface area contributed by atoms with Crippen LogP contribution in [0.25, 0.3) is 0 Å². The van der Waals surface area contributed by atoms with Crippen LogP contribution in [0, 0.1) is 11.8 Å². The fourth-order valence-corrected chi connectivity index (χ4v) is 3.22. The number of unbranched alkanes of at least 4 members (excludes halogenated alkanes) is 3. The molecule has 25 heavy (non-hydrogen) atoms. The van der Waals surface area contributed by atoms with Crippen LogP contribution in [0.3, 0.4) is 0 Å². The highest BCUT2D eigenvalue weighted by Crippen LogP contribution is 2.33. The van der Waals surface area contributed by atoms with Crippen LogP contribution in [0.2, 0.25) is 0 Å². The highest BCUT2D eigenvalue weighted by molar-refractivity contribution is 5.84. The number of allylic oxidation sites excluding steroid dienone is 2. The molecule has 0 heterocycles. The number of carbonyl (C=O) groups is 2. The minimum Gasteiger partial charge on any atom is -0.481 e. The summed E-state index contributed by atoms with van der Waals surface area (Å²) >= 11 is 0. The molecular weight excluding hydrogens is 320 g/mol. The van der Waals surface area contributed by atoms with Gasteiger partial charge < -0.3 is 15.3 Å². The average Bonchev–Trinajstić information content (AvgIpc) is 2.82. The second-order valence-corrected chi connectivity index (χ2v) is 6.86. The van der Waals surface area contributed by atoms with E-state index < -0.39 is 18.2 Å². The molecule has 1 rings (SSSR count). The van der Waals surface area contributed by atoms with Crippen LogP contribution in [0.15, 0.2) is 24.3 Å². The van der Waals surface area contributed by atoms with Crippen molar-refractivity contribution in [1.82, 2.24) is 0 Å². The first kappa shape index (κ1) is 21.6. The zero-order valence-corrected chi connectivity index (χ0v) is 15.1. The summed E-state index contributed by atoms with van der Waals surface area (Å²) in [6.07, 6.45) is 12.1. The highest BCUT2D eigenvalue weighted by Gasteiger charge is 2.39. The number of aliphatic hydroxyl groups is 2. The molecule has 4 atom stereocenters. The number of aliphatic carboxylic acids is 1. The van der Waals surface area contributed by atoms with Gasteiger partial charge in [0.2, 0.25) is 0 Å². The largest absolute Gasteiger partial charge is 0.481 e. The fourth-order valence-electron chi connectivity index (χ4n) is 3.22. The van der Waals surface area contributed by atoms with Crippen molar-refractivity contribution in [1.29, 1.82) is 0 Å². The highest BCUT2D eigenvalue weighted by atomic mass is 16.4. The zero-order valence-electron chi connectivity index (χ0n) is 15.1. The van der Waals surface area contributed by atoms with Gasteiger partial charge in [0.15, 0.2) is 0 Å². The Balaban J connectivity index is 2.48. The predicted molar refractivity (Wildman–Crippen MR) is 97.1 cm³/mol. The van der Waals surface area contributed by atoms with Crippen LogP contribution < -0.4 is 0 Å². The van der Waals surface area contributed by atoms with Crippen molar-refractivity contribution in [2.24, 2.45) is 11.8 Å². The topological polar surface area (TPSA) is 94.8 Å². The van der Waals surface area contributed by atoms with E-state index in [-0.39, 0.29) is 30.5 Å². The number of rotatable bonds is 12. The number of Topliss-reactive ketones (excluding diaryl/α,β-unsaturated/α-hetero) is 1. The third kappa shape index (κ3) is 8.45. The van der Waals surface area contributed by atoms with Crippen molar-refractivity contribution in [3.8, 4) is 0 Å². The van der Waals surface area contributed by atoms with Crippen LogP contribution in [0.4, 0.5) is 0 Å². The van der Waals surface area contributed by atoms with Crippen molar-refractivity contribution in [2.75, 3.05) is 0 Å². The molecule has 0 aromatic carbocycles. The Morgan fingerprint density at radius 3 is 2.72 bits per heavy atom. The maximum absolute atomic E-state index is 12.1. The maximum atomic E-state index is 12.1. The Kier molecular flexibility index (Phi) is 10.3. The first-order valence-corrected chi connectivity index (χ1v) is 9.39. The summed E-state index contributed by atoms with van der Waals surface area (Å²) < 4.78 is 0. The minimum atomic E-state index is -0.801. The van der Waals surface area contributed by atoms with Crippen LogP contribution in [0.5, 0.6) is 0 Å². The van der Waals surface area contributed by atoms with Gasteiger partial charge in [-0.25, -0.2) is 0 Å². The summed E-state index contributed by atoms with van der Waals surface area (Å²) in [7, 11) is 0. The van der Waals surface area contributed by atoms with Gasteiger partial charge in [-0.3, -0.25) is 9.59 Å². The van der Waals surface area contributed by atoms with Crippen molar-refractivity contribution in [3.63, 3.8) is 0 Å². The van der Waals surface area contributed by atoms with E-state index in [9.17, 15) is 19.8 Å². The van der Waals surface area contributed by atoms with E-state index in [0.29, 0.717) is 25.7 Å². The quantitative estimate of drug-likeness (QED) is 0.370. The molecule has 0 bridgehead atoms. The van der Waals surface area contributed by atoms with Gasteiger partial charge in [-0.2, -0.15) is 0 Å². The predicted octanol–water partition coefficient (Wildman–Crippen LogP) is 3.25. The minimum absolute atomic E-state index is 0.0535. The van der Waals surface area contributed by atoms with Crippen LogP contribution in [0.1, 0.15) is 64.7 Å². The van der Waals surface area contributed by atoms with Gasteiger partial charge >= 0.3 is 5.97 Å². The molecule has 1 aliphatic rings. The molecule has 1 aliphatic carbocycles. The summed E-state index contributed by atoms with van der Waals surface area (Å²) in [5, 5.41) is 28.7. The second-order valence-electron chi connectivity index (χ2n) is 6.86. The number of aliphatic hydroxyl groups excluding tert-OH is 2. The lowest BCUT2D eigenvalue weighted by Gasteiger charge is -2.16. The molecule has 5 heteroatoms. The number of hydrogen-bond acceptors (Lipinski definition) is 4. The van der Waals surface area contributed by atoms with E-state index >= 15 is 0 Å².